The number of nitro benzene ring substituents is 1. The minimum absolute atomic E-state index is 0.0500. The van der Waals surface area contributed by atoms with Crippen LogP contribution in [0.2, 0.25) is 0 Å². The van der Waals surface area contributed by atoms with Gasteiger partial charge in [-0.1, -0.05) is 18.2 Å². The van der Waals surface area contributed by atoms with Gasteiger partial charge in [-0.2, -0.15) is 0 Å². The van der Waals surface area contributed by atoms with Crippen molar-refractivity contribution in [2.24, 2.45) is 0 Å². The highest BCUT2D eigenvalue weighted by Gasteiger charge is 2.21. The first-order valence-electron chi connectivity index (χ1n) is 8.53. The van der Waals surface area contributed by atoms with Crippen molar-refractivity contribution >= 4 is 34.2 Å². The van der Waals surface area contributed by atoms with Gasteiger partial charge in [-0.15, -0.1) is 0 Å². The molecule has 0 atom stereocenters. The molecule has 1 heterocycles. The fraction of sp³-hybridized carbons (Fsp3) is 0.316. The van der Waals surface area contributed by atoms with E-state index in [1.54, 1.807) is 17.0 Å². The largest absolute Gasteiger partial charge is 0.337 e. The summed E-state index contributed by atoms with van der Waals surface area (Å²) in [5, 5.41) is 10.9. The maximum Gasteiger partial charge on any atom is 0.270 e. The van der Waals surface area contributed by atoms with Gasteiger partial charge in [-0.05, 0) is 52.8 Å². The van der Waals surface area contributed by atoms with Crippen molar-refractivity contribution in [3.8, 4) is 0 Å². The van der Waals surface area contributed by atoms with E-state index in [2.05, 4.69) is 51.8 Å². The monoisotopic (exact) mass is 465 g/mol. The van der Waals surface area contributed by atoms with Crippen LogP contribution in [0.3, 0.4) is 0 Å². The average molecular weight is 465 g/mol. The molecular formula is C19H20IN3O3. The highest BCUT2D eigenvalue weighted by molar-refractivity contribution is 14.1. The number of halogens is 1. The fourth-order valence-electron chi connectivity index (χ4n) is 3.16. The first kappa shape index (κ1) is 18.8. The molecule has 0 unspecified atom stereocenters. The second kappa shape index (κ2) is 8.59. The van der Waals surface area contributed by atoms with E-state index < -0.39 is 4.92 Å². The van der Waals surface area contributed by atoms with E-state index in [-0.39, 0.29) is 11.6 Å². The molecule has 26 heavy (non-hydrogen) atoms. The summed E-state index contributed by atoms with van der Waals surface area (Å²) in [6.07, 6.45) is 0.893. The van der Waals surface area contributed by atoms with Crippen molar-refractivity contribution in [3.63, 3.8) is 0 Å². The summed E-state index contributed by atoms with van der Waals surface area (Å²) in [4.78, 5) is 27.3. The zero-order valence-electron chi connectivity index (χ0n) is 14.3. The smallest absolute Gasteiger partial charge is 0.270 e. The van der Waals surface area contributed by atoms with Crippen LogP contribution in [-0.4, -0.2) is 46.8 Å². The van der Waals surface area contributed by atoms with E-state index in [0.717, 1.165) is 26.1 Å². The molecule has 2 aromatic rings. The van der Waals surface area contributed by atoms with Crippen LogP contribution in [0.1, 0.15) is 22.3 Å². The second-order valence-electron chi connectivity index (χ2n) is 6.36. The Morgan fingerprint density at radius 1 is 1.08 bits per heavy atom. The summed E-state index contributed by atoms with van der Waals surface area (Å²) in [6, 6.07) is 14.4. The van der Waals surface area contributed by atoms with Gasteiger partial charge in [0.15, 0.2) is 0 Å². The molecule has 0 aromatic heterocycles. The molecule has 2 aromatic carbocycles. The number of rotatable bonds is 4. The Bertz CT molecular complexity index is 812. The zero-order valence-corrected chi connectivity index (χ0v) is 16.5. The van der Waals surface area contributed by atoms with Crippen molar-refractivity contribution in [1.29, 1.82) is 0 Å². The first-order chi connectivity index (χ1) is 12.5. The van der Waals surface area contributed by atoms with Gasteiger partial charge in [-0.25, -0.2) is 0 Å². The van der Waals surface area contributed by atoms with Gasteiger partial charge in [-0.3, -0.25) is 19.8 Å². The molecule has 0 spiro atoms. The lowest BCUT2D eigenvalue weighted by Crippen LogP contribution is -2.35. The fourth-order valence-corrected chi connectivity index (χ4v) is 3.77. The number of nitro groups is 1. The molecule has 0 N–H and O–H groups in total. The molecule has 136 valence electrons. The van der Waals surface area contributed by atoms with E-state index in [1.807, 2.05) is 0 Å². The van der Waals surface area contributed by atoms with Gasteiger partial charge < -0.3 is 4.90 Å². The number of hydrogen-bond acceptors (Lipinski definition) is 4. The van der Waals surface area contributed by atoms with E-state index in [0.29, 0.717) is 18.7 Å². The lowest BCUT2D eigenvalue weighted by atomic mass is 10.1. The van der Waals surface area contributed by atoms with Crippen LogP contribution in [0.4, 0.5) is 5.69 Å². The van der Waals surface area contributed by atoms with E-state index in [4.69, 9.17) is 0 Å². The Morgan fingerprint density at radius 3 is 2.65 bits per heavy atom. The highest BCUT2D eigenvalue weighted by Crippen LogP contribution is 2.17. The van der Waals surface area contributed by atoms with Gasteiger partial charge in [0.2, 0.25) is 0 Å². The standard InChI is InChI=1S/C19H20IN3O3/c20-17-6-1-4-15(12-17)14-21-8-3-9-22(11-10-21)19(24)16-5-2-7-18(13-16)23(25)26/h1-2,4-7,12-13H,3,8-11,14H2. The molecule has 7 heteroatoms. The third-order valence-corrected chi connectivity index (χ3v) is 5.15. The number of carbonyl (C=O) groups is 1. The molecule has 1 aliphatic heterocycles. The summed E-state index contributed by atoms with van der Waals surface area (Å²) < 4.78 is 1.22. The lowest BCUT2D eigenvalue weighted by Gasteiger charge is -2.22. The number of nitrogens with zero attached hydrogens (tertiary/aromatic N) is 3. The van der Waals surface area contributed by atoms with Gasteiger partial charge >= 0.3 is 0 Å². The summed E-state index contributed by atoms with van der Waals surface area (Å²) >= 11 is 2.31. The Balaban J connectivity index is 1.63. The third kappa shape index (κ3) is 4.79. The molecule has 6 nitrogen and oxygen atoms in total. The van der Waals surface area contributed by atoms with E-state index >= 15 is 0 Å². The minimum atomic E-state index is -0.470. The maximum atomic E-state index is 12.7. The SMILES string of the molecule is O=C(c1cccc([N+](=O)[O-])c1)N1CCCN(Cc2cccc(I)c2)CC1. The van der Waals surface area contributed by atoms with Gasteiger partial charge in [0, 0.05) is 54.0 Å². The van der Waals surface area contributed by atoms with Crippen molar-refractivity contribution < 1.29 is 9.72 Å². The third-order valence-electron chi connectivity index (χ3n) is 4.47. The van der Waals surface area contributed by atoms with Crippen LogP contribution >= 0.6 is 22.6 Å². The molecule has 1 aliphatic rings. The van der Waals surface area contributed by atoms with E-state index in [9.17, 15) is 14.9 Å². The second-order valence-corrected chi connectivity index (χ2v) is 7.60. The normalized spacial score (nSPS) is 15.5. The lowest BCUT2D eigenvalue weighted by molar-refractivity contribution is -0.384. The number of amides is 1. The Kier molecular flexibility index (Phi) is 6.20. The predicted molar refractivity (Wildman–Crippen MR) is 108 cm³/mol. The Labute approximate surface area is 166 Å². The zero-order chi connectivity index (χ0) is 18.5. The molecular weight excluding hydrogens is 445 g/mol. The molecule has 3 rings (SSSR count). The van der Waals surface area contributed by atoms with Crippen molar-refractivity contribution in [2.45, 2.75) is 13.0 Å². The number of benzene rings is 2. The summed E-state index contributed by atoms with van der Waals surface area (Å²) in [6.45, 7) is 3.90. The maximum absolute atomic E-state index is 12.7. The van der Waals surface area contributed by atoms with Gasteiger partial charge in [0.1, 0.15) is 0 Å². The van der Waals surface area contributed by atoms with E-state index in [1.165, 1.54) is 21.3 Å². The molecule has 1 amide bonds. The van der Waals surface area contributed by atoms with Crippen LogP contribution in [0.25, 0.3) is 0 Å². The van der Waals surface area contributed by atoms with Crippen LogP contribution < -0.4 is 0 Å². The van der Waals surface area contributed by atoms with Crippen LogP contribution in [0.15, 0.2) is 48.5 Å². The van der Waals surface area contributed by atoms with Crippen molar-refractivity contribution in [1.82, 2.24) is 9.80 Å². The Hall–Kier alpha value is -2.00. The van der Waals surface area contributed by atoms with Gasteiger partial charge in [0.25, 0.3) is 11.6 Å². The number of hydrogen-bond donors (Lipinski definition) is 0. The number of carbonyl (C=O) groups excluding carboxylic acids is 1. The average Bonchev–Trinajstić information content (AvgIpc) is 2.87. The summed E-state index contributed by atoms with van der Waals surface area (Å²) in [5.41, 5.74) is 1.60. The van der Waals surface area contributed by atoms with Crippen LogP contribution in [0.5, 0.6) is 0 Å². The summed E-state index contributed by atoms with van der Waals surface area (Å²) in [7, 11) is 0. The van der Waals surface area contributed by atoms with Crippen molar-refractivity contribution in [3.05, 3.63) is 73.3 Å². The molecule has 1 fully saturated rings. The molecule has 1 saturated heterocycles. The van der Waals surface area contributed by atoms with Crippen LogP contribution in [-0.2, 0) is 6.54 Å². The summed E-state index contributed by atoms with van der Waals surface area (Å²) in [5.74, 6) is -0.134. The minimum Gasteiger partial charge on any atom is -0.337 e. The van der Waals surface area contributed by atoms with Crippen molar-refractivity contribution in [2.75, 3.05) is 26.2 Å². The topological polar surface area (TPSA) is 66.7 Å². The predicted octanol–water partition coefficient (Wildman–Crippen LogP) is 3.55. The molecule has 0 saturated carbocycles. The van der Waals surface area contributed by atoms with Crippen LogP contribution in [0, 0.1) is 13.7 Å². The molecule has 0 radical (unpaired) electrons. The molecule has 0 aliphatic carbocycles. The highest BCUT2D eigenvalue weighted by atomic mass is 127. The van der Waals surface area contributed by atoms with Gasteiger partial charge in [0.05, 0.1) is 4.92 Å². The molecule has 0 bridgehead atoms. The Morgan fingerprint density at radius 2 is 1.88 bits per heavy atom. The number of non-ortho nitro benzene ring substituents is 1. The quantitative estimate of drug-likeness (QED) is 0.394. The first-order valence-corrected chi connectivity index (χ1v) is 9.61.